The number of hydrogen-bond donors (Lipinski definition) is 2. The third kappa shape index (κ3) is 3.40. The lowest BCUT2D eigenvalue weighted by Crippen LogP contribution is -2.51. The number of rotatable bonds is 4. The number of amides is 2. The van der Waals surface area contributed by atoms with Crippen LogP contribution >= 0.6 is 23.2 Å². The fourth-order valence-corrected chi connectivity index (χ4v) is 6.08. The number of nitrogens with two attached hydrogens (primary N) is 1. The Morgan fingerprint density at radius 3 is 2.48 bits per heavy atom. The van der Waals surface area contributed by atoms with E-state index < -0.39 is 23.2 Å². The van der Waals surface area contributed by atoms with Crippen molar-refractivity contribution >= 4 is 52.1 Å². The minimum atomic E-state index is -1.66. The summed E-state index contributed by atoms with van der Waals surface area (Å²) in [6.07, 6.45) is 0. The van der Waals surface area contributed by atoms with E-state index >= 15 is 0 Å². The molecule has 1 spiro atoms. The number of nitrogens with one attached hydrogen (secondary N) is 1. The second kappa shape index (κ2) is 8.97. The van der Waals surface area contributed by atoms with Crippen LogP contribution in [0.1, 0.15) is 47.2 Å². The topological polar surface area (TPSA) is 102 Å². The Labute approximate surface area is 239 Å². The van der Waals surface area contributed by atoms with Gasteiger partial charge in [0.05, 0.1) is 29.7 Å². The van der Waals surface area contributed by atoms with E-state index in [0.29, 0.717) is 38.2 Å². The van der Waals surface area contributed by atoms with E-state index in [-0.39, 0.29) is 29.0 Å². The quantitative estimate of drug-likeness (QED) is 0.275. The normalized spacial score (nSPS) is 17.6. The Bertz CT molecular complexity index is 1770. The molecule has 8 nitrogen and oxygen atoms in total. The number of fused-ring (bicyclic) bond motifs is 4. The van der Waals surface area contributed by atoms with Crippen LogP contribution in [-0.2, 0) is 10.3 Å². The first-order valence-electron chi connectivity index (χ1n) is 12.5. The minimum Gasteiger partial charge on any atom is -0.496 e. The first-order valence-corrected chi connectivity index (χ1v) is 13.2. The van der Waals surface area contributed by atoms with Gasteiger partial charge in [-0.25, -0.2) is 9.37 Å². The molecule has 6 rings (SSSR count). The van der Waals surface area contributed by atoms with Crippen molar-refractivity contribution in [3.63, 3.8) is 0 Å². The molecule has 0 saturated carbocycles. The number of benzene rings is 3. The summed E-state index contributed by atoms with van der Waals surface area (Å²) >= 11 is 12.7. The molecule has 0 bridgehead atoms. The molecule has 4 aromatic rings. The Morgan fingerprint density at radius 2 is 1.77 bits per heavy atom. The highest BCUT2D eigenvalue weighted by Gasteiger charge is 2.64. The summed E-state index contributed by atoms with van der Waals surface area (Å²) in [6.45, 7) is 5.63. The number of methoxy groups -OCH3 is 1. The van der Waals surface area contributed by atoms with Crippen molar-refractivity contribution in [1.29, 1.82) is 0 Å². The molecule has 2 aliphatic rings. The third-order valence-corrected chi connectivity index (χ3v) is 7.90. The van der Waals surface area contributed by atoms with Gasteiger partial charge in [-0.2, -0.15) is 0 Å². The van der Waals surface area contributed by atoms with Gasteiger partial charge in [0.2, 0.25) is 0 Å². The average molecular weight is 580 g/mol. The van der Waals surface area contributed by atoms with E-state index in [4.69, 9.17) is 38.7 Å². The summed E-state index contributed by atoms with van der Waals surface area (Å²) in [5.74, 6) is -1.09. The van der Waals surface area contributed by atoms with Crippen molar-refractivity contribution in [2.75, 3.05) is 23.1 Å². The summed E-state index contributed by atoms with van der Waals surface area (Å²) in [6, 6.07) is 12.5. The highest BCUT2D eigenvalue weighted by Crippen LogP contribution is 2.55. The number of carbonyl (C=O) groups is 2. The van der Waals surface area contributed by atoms with Crippen LogP contribution in [-0.4, -0.2) is 28.5 Å². The molecule has 2 amide bonds. The Balaban J connectivity index is 1.75. The van der Waals surface area contributed by atoms with Crippen molar-refractivity contribution in [2.24, 2.45) is 0 Å². The van der Waals surface area contributed by atoms with Gasteiger partial charge in [0.15, 0.2) is 11.2 Å². The first-order chi connectivity index (χ1) is 19.0. The lowest BCUT2D eigenvalue weighted by Gasteiger charge is -2.36. The molecule has 1 atom stereocenters. The molecular formula is C29H24Cl2FN5O3. The van der Waals surface area contributed by atoms with Gasteiger partial charge in [0, 0.05) is 33.4 Å². The second-order valence-corrected chi connectivity index (χ2v) is 11.0. The summed E-state index contributed by atoms with van der Waals surface area (Å²) in [7, 11) is 1.44. The zero-order valence-corrected chi connectivity index (χ0v) is 23.5. The van der Waals surface area contributed by atoms with Crippen LogP contribution in [0.25, 0.3) is 11.4 Å². The molecule has 0 saturated heterocycles. The number of halogens is 3. The largest absolute Gasteiger partial charge is 0.496 e. The van der Waals surface area contributed by atoms with Gasteiger partial charge in [-0.3, -0.25) is 14.5 Å². The van der Waals surface area contributed by atoms with Crippen LogP contribution in [0.3, 0.4) is 0 Å². The Hall–Kier alpha value is -4.08. The summed E-state index contributed by atoms with van der Waals surface area (Å²) < 4.78 is 22.1. The highest BCUT2D eigenvalue weighted by atomic mass is 35.5. The van der Waals surface area contributed by atoms with Crippen LogP contribution < -0.4 is 20.7 Å². The molecule has 0 aliphatic carbocycles. The molecule has 3 heterocycles. The van der Waals surface area contributed by atoms with Crippen molar-refractivity contribution in [3.05, 3.63) is 86.9 Å². The maximum absolute atomic E-state index is 14.8. The van der Waals surface area contributed by atoms with Crippen molar-refractivity contribution in [2.45, 2.75) is 32.4 Å². The predicted octanol–water partition coefficient (Wildman–Crippen LogP) is 6.33. The molecule has 11 heteroatoms. The van der Waals surface area contributed by atoms with Crippen LogP contribution in [0.15, 0.2) is 48.5 Å². The van der Waals surface area contributed by atoms with E-state index in [9.17, 15) is 14.0 Å². The Kier molecular flexibility index (Phi) is 5.87. The smallest absolute Gasteiger partial charge is 0.280 e. The molecule has 1 aromatic heterocycles. The number of carbonyl (C=O) groups excluding carboxylic acids is 2. The van der Waals surface area contributed by atoms with Crippen molar-refractivity contribution < 1.29 is 18.7 Å². The number of imidazole rings is 1. The molecule has 40 heavy (non-hydrogen) atoms. The van der Waals surface area contributed by atoms with Gasteiger partial charge in [-0.1, -0.05) is 35.3 Å². The van der Waals surface area contributed by atoms with Gasteiger partial charge in [0.25, 0.3) is 11.8 Å². The van der Waals surface area contributed by atoms with Crippen LogP contribution in [0.2, 0.25) is 10.0 Å². The van der Waals surface area contributed by atoms with Crippen molar-refractivity contribution in [3.8, 4) is 17.1 Å². The van der Waals surface area contributed by atoms with Crippen molar-refractivity contribution in [1.82, 2.24) is 9.55 Å². The van der Waals surface area contributed by atoms with Gasteiger partial charge >= 0.3 is 0 Å². The summed E-state index contributed by atoms with van der Waals surface area (Å²) in [5, 5.41) is 3.75. The molecule has 3 N–H and O–H groups in total. The van der Waals surface area contributed by atoms with Crippen LogP contribution in [0.5, 0.6) is 5.75 Å². The molecule has 2 aliphatic heterocycles. The van der Waals surface area contributed by atoms with Crippen LogP contribution in [0, 0.1) is 12.7 Å². The first kappa shape index (κ1) is 26.2. The molecule has 0 fully saturated rings. The van der Waals surface area contributed by atoms with E-state index in [0.717, 1.165) is 5.56 Å². The maximum Gasteiger partial charge on any atom is 0.280 e. The van der Waals surface area contributed by atoms with E-state index in [2.05, 4.69) is 5.32 Å². The van der Waals surface area contributed by atoms with E-state index in [1.165, 1.54) is 24.1 Å². The number of nitrogens with zero attached hydrogens (tertiary/aromatic N) is 3. The number of aryl methyl sites for hydroxylation is 1. The lowest BCUT2D eigenvalue weighted by atomic mass is 9.86. The molecular weight excluding hydrogens is 556 g/mol. The Morgan fingerprint density at radius 1 is 1.07 bits per heavy atom. The zero-order chi connectivity index (χ0) is 28.7. The third-order valence-electron chi connectivity index (χ3n) is 7.43. The summed E-state index contributed by atoms with van der Waals surface area (Å²) in [5.41, 5.74) is 6.94. The van der Waals surface area contributed by atoms with E-state index in [1.54, 1.807) is 41.0 Å². The predicted molar refractivity (Wildman–Crippen MR) is 153 cm³/mol. The number of nitrogen functional groups attached to an aromatic ring is 1. The zero-order valence-electron chi connectivity index (χ0n) is 22.0. The van der Waals surface area contributed by atoms with Crippen LogP contribution in [0.4, 0.5) is 21.5 Å². The molecule has 3 aromatic carbocycles. The van der Waals surface area contributed by atoms with Gasteiger partial charge in [-0.15, -0.1) is 0 Å². The van der Waals surface area contributed by atoms with Gasteiger partial charge in [0.1, 0.15) is 17.4 Å². The number of ether oxygens (including phenoxy) is 1. The van der Waals surface area contributed by atoms with E-state index in [1.807, 2.05) is 20.8 Å². The molecule has 0 unspecified atom stereocenters. The maximum atomic E-state index is 14.8. The molecule has 204 valence electrons. The highest BCUT2D eigenvalue weighted by molar-refractivity contribution is 6.32. The second-order valence-electron chi connectivity index (χ2n) is 10.1. The number of aromatic nitrogens is 2. The fraction of sp³-hybridized carbons (Fsp3) is 0.207. The fourth-order valence-electron chi connectivity index (χ4n) is 5.74. The van der Waals surface area contributed by atoms with Gasteiger partial charge < -0.3 is 20.4 Å². The summed E-state index contributed by atoms with van der Waals surface area (Å²) in [4.78, 5) is 34.9. The molecule has 0 radical (unpaired) electrons. The minimum absolute atomic E-state index is 0.0558. The lowest BCUT2D eigenvalue weighted by molar-refractivity contribution is -0.119. The average Bonchev–Trinajstić information content (AvgIpc) is 3.51. The number of hydrogen-bond acceptors (Lipinski definition) is 5. The standard InChI is InChI=1S/C29H24Cl2FN5O3/c1-13(2)36-25-24(35-26(36)17-11-19(32)20(33)12-23(17)40-4)27(38)37(22-10-16(31)6-5-14(22)3)29(25)18-8-7-15(30)9-21(18)34-28(29)39/h5-13H,33H2,1-4H3,(H,34,39)/t29-/m0/s1. The number of anilines is 3. The SMILES string of the molecule is COc1cc(N)c(F)cc1-c1nc2c(n1C(C)C)[C@@]1(C(=O)Nc3cc(Cl)ccc31)N(c1cc(Cl)ccc1C)C2=O. The van der Waals surface area contributed by atoms with Gasteiger partial charge in [-0.05, 0) is 56.7 Å². The monoisotopic (exact) mass is 579 g/mol.